The quantitative estimate of drug-likeness (QED) is 0.689. The number of rotatable bonds is 6. The summed E-state index contributed by atoms with van der Waals surface area (Å²) in [6, 6.07) is -0.515. The lowest BCUT2D eigenvalue weighted by atomic mass is 9.72. The first-order valence-electron chi connectivity index (χ1n) is 7.23. The maximum Gasteiger partial charge on any atom is 0.317 e. The average molecular weight is 286 g/mol. The summed E-state index contributed by atoms with van der Waals surface area (Å²) in [7, 11) is 1.63. The second kappa shape index (κ2) is 7.47. The second-order valence-electron chi connectivity index (χ2n) is 5.93. The molecule has 0 aromatic rings. The third-order valence-corrected chi connectivity index (χ3v) is 4.30. The molecule has 1 unspecified atom stereocenters. The predicted molar refractivity (Wildman–Crippen MR) is 75.5 cm³/mol. The van der Waals surface area contributed by atoms with Gasteiger partial charge in [-0.3, -0.25) is 4.79 Å². The average Bonchev–Trinajstić information content (AvgIpc) is 2.43. The van der Waals surface area contributed by atoms with Crippen molar-refractivity contribution in [2.45, 2.75) is 51.5 Å². The molecule has 0 heterocycles. The van der Waals surface area contributed by atoms with Crippen molar-refractivity contribution in [1.82, 2.24) is 10.2 Å². The number of amides is 2. The molecule has 1 atom stereocenters. The minimum atomic E-state index is -0.807. The zero-order valence-corrected chi connectivity index (χ0v) is 12.4. The van der Waals surface area contributed by atoms with Crippen LogP contribution in [-0.2, 0) is 4.79 Å². The first kappa shape index (κ1) is 16.8. The Morgan fingerprint density at radius 1 is 1.30 bits per heavy atom. The highest BCUT2D eigenvalue weighted by atomic mass is 16.4. The van der Waals surface area contributed by atoms with Gasteiger partial charge in [-0.05, 0) is 25.2 Å². The molecule has 0 spiro atoms. The summed E-state index contributed by atoms with van der Waals surface area (Å²) in [4.78, 5) is 24.5. The molecule has 116 valence electrons. The number of carboxylic acids is 1. The number of nitrogens with one attached hydrogen (secondary N) is 1. The molecule has 1 aliphatic rings. The number of carboxylic acid groups (broad SMARTS) is 1. The van der Waals surface area contributed by atoms with E-state index in [4.69, 9.17) is 10.2 Å². The molecular weight excluding hydrogens is 260 g/mol. The first-order valence-corrected chi connectivity index (χ1v) is 7.23. The van der Waals surface area contributed by atoms with Crippen molar-refractivity contribution in [1.29, 1.82) is 0 Å². The predicted octanol–water partition coefficient (Wildman–Crippen LogP) is 1.43. The van der Waals surface area contributed by atoms with E-state index in [1.165, 1.54) is 4.90 Å². The number of hydrogen-bond acceptors (Lipinski definition) is 3. The number of carbonyl (C=O) groups is 2. The maximum atomic E-state index is 12.0. The Kier molecular flexibility index (Phi) is 6.26. The highest BCUT2D eigenvalue weighted by Gasteiger charge is 2.35. The van der Waals surface area contributed by atoms with Crippen LogP contribution in [0.4, 0.5) is 4.79 Å². The zero-order valence-electron chi connectivity index (χ0n) is 12.4. The number of hydrogen-bond donors (Lipinski definition) is 3. The third-order valence-electron chi connectivity index (χ3n) is 4.30. The van der Waals surface area contributed by atoms with Crippen LogP contribution in [0.25, 0.3) is 0 Å². The van der Waals surface area contributed by atoms with Gasteiger partial charge >= 0.3 is 12.0 Å². The SMILES string of the molecule is CC(CO)N(C)C(=O)NCC1(CC(=O)O)CCCCC1. The van der Waals surface area contributed by atoms with Crippen LogP contribution in [0.3, 0.4) is 0 Å². The van der Waals surface area contributed by atoms with E-state index in [0.29, 0.717) is 6.54 Å². The maximum absolute atomic E-state index is 12.0. The van der Waals surface area contributed by atoms with Crippen molar-refractivity contribution in [2.24, 2.45) is 5.41 Å². The molecule has 0 aliphatic heterocycles. The van der Waals surface area contributed by atoms with Gasteiger partial charge < -0.3 is 20.4 Å². The van der Waals surface area contributed by atoms with E-state index in [2.05, 4.69) is 5.32 Å². The Morgan fingerprint density at radius 3 is 2.40 bits per heavy atom. The molecule has 1 aliphatic carbocycles. The summed E-state index contributed by atoms with van der Waals surface area (Å²) in [6.07, 6.45) is 4.97. The Labute approximate surface area is 120 Å². The van der Waals surface area contributed by atoms with Crippen LogP contribution in [-0.4, -0.2) is 53.4 Å². The molecule has 0 bridgehead atoms. The van der Waals surface area contributed by atoms with Crippen LogP contribution in [0.5, 0.6) is 0 Å². The smallest absolute Gasteiger partial charge is 0.317 e. The molecular formula is C14H26N2O4. The van der Waals surface area contributed by atoms with Crippen molar-refractivity contribution >= 4 is 12.0 Å². The second-order valence-corrected chi connectivity index (χ2v) is 5.93. The number of aliphatic hydroxyl groups is 1. The fourth-order valence-electron chi connectivity index (χ4n) is 2.75. The summed E-state index contributed by atoms with van der Waals surface area (Å²) in [5, 5.41) is 20.9. The van der Waals surface area contributed by atoms with Gasteiger partial charge in [-0.1, -0.05) is 19.3 Å². The summed E-state index contributed by atoms with van der Waals surface area (Å²) in [5.41, 5.74) is -0.316. The number of likely N-dealkylation sites (N-methyl/N-ethyl adjacent to an activating group) is 1. The van der Waals surface area contributed by atoms with Crippen LogP contribution in [0.15, 0.2) is 0 Å². The van der Waals surface area contributed by atoms with E-state index >= 15 is 0 Å². The molecule has 1 rings (SSSR count). The molecule has 0 aromatic carbocycles. The lowest BCUT2D eigenvalue weighted by Crippen LogP contribution is -2.48. The topological polar surface area (TPSA) is 89.9 Å². The highest BCUT2D eigenvalue weighted by Crippen LogP contribution is 2.38. The van der Waals surface area contributed by atoms with E-state index in [-0.39, 0.29) is 30.5 Å². The molecule has 6 nitrogen and oxygen atoms in total. The summed E-state index contributed by atoms with van der Waals surface area (Å²) >= 11 is 0. The van der Waals surface area contributed by atoms with E-state index in [1.54, 1.807) is 14.0 Å². The number of aliphatic hydroxyl groups excluding tert-OH is 1. The van der Waals surface area contributed by atoms with Crippen LogP contribution in [0.1, 0.15) is 45.4 Å². The van der Waals surface area contributed by atoms with Crippen LogP contribution in [0.2, 0.25) is 0 Å². The van der Waals surface area contributed by atoms with Crippen molar-refractivity contribution in [3.8, 4) is 0 Å². The van der Waals surface area contributed by atoms with Crippen LogP contribution < -0.4 is 5.32 Å². The molecule has 0 aromatic heterocycles. The van der Waals surface area contributed by atoms with Crippen molar-refractivity contribution in [2.75, 3.05) is 20.2 Å². The standard InChI is InChI=1S/C14H26N2O4/c1-11(9-17)16(2)13(20)15-10-14(8-12(18)19)6-4-3-5-7-14/h11,17H,3-10H2,1-2H3,(H,15,20)(H,18,19). The molecule has 0 radical (unpaired) electrons. The van der Waals surface area contributed by atoms with E-state index in [0.717, 1.165) is 32.1 Å². The molecule has 2 amide bonds. The van der Waals surface area contributed by atoms with E-state index in [1.807, 2.05) is 0 Å². The molecule has 6 heteroatoms. The van der Waals surface area contributed by atoms with E-state index < -0.39 is 5.97 Å². The van der Waals surface area contributed by atoms with Gasteiger partial charge in [0.05, 0.1) is 19.1 Å². The number of carbonyl (C=O) groups excluding carboxylic acids is 1. The molecule has 3 N–H and O–H groups in total. The van der Waals surface area contributed by atoms with Gasteiger partial charge in [0.1, 0.15) is 0 Å². The van der Waals surface area contributed by atoms with Gasteiger partial charge in [0.2, 0.25) is 0 Å². The highest BCUT2D eigenvalue weighted by molar-refractivity contribution is 5.74. The fourth-order valence-corrected chi connectivity index (χ4v) is 2.75. The van der Waals surface area contributed by atoms with Gasteiger partial charge in [-0.2, -0.15) is 0 Å². The van der Waals surface area contributed by atoms with Gasteiger partial charge in [0, 0.05) is 13.6 Å². The lowest BCUT2D eigenvalue weighted by Gasteiger charge is -2.37. The Balaban J connectivity index is 2.58. The van der Waals surface area contributed by atoms with Gasteiger partial charge in [-0.25, -0.2) is 4.79 Å². The molecule has 1 saturated carbocycles. The summed E-state index contributed by atoms with van der Waals surface area (Å²) in [6.45, 7) is 2.05. The third kappa shape index (κ3) is 4.67. The number of aliphatic carboxylic acids is 1. The number of urea groups is 1. The first-order chi connectivity index (χ1) is 9.40. The Bertz CT molecular complexity index is 340. The largest absolute Gasteiger partial charge is 0.481 e. The van der Waals surface area contributed by atoms with Gasteiger partial charge in [0.25, 0.3) is 0 Å². The van der Waals surface area contributed by atoms with Crippen molar-refractivity contribution in [3.05, 3.63) is 0 Å². The van der Waals surface area contributed by atoms with Gasteiger partial charge in [0.15, 0.2) is 0 Å². The molecule has 0 saturated heterocycles. The number of nitrogens with zero attached hydrogens (tertiary/aromatic N) is 1. The van der Waals surface area contributed by atoms with Crippen LogP contribution in [0, 0.1) is 5.41 Å². The van der Waals surface area contributed by atoms with Crippen LogP contribution >= 0.6 is 0 Å². The Morgan fingerprint density at radius 2 is 1.90 bits per heavy atom. The molecule has 20 heavy (non-hydrogen) atoms. The van der Waals surface area contributed by atoms with Crippen molar-refractivity contribution in [3.63, 3.8) is 0 Å². The fraction of sp³-hybridized carbons (Fsp3) is 0.857. The normalized spacial score (nSPS) is 19.1. The van der Waals surface area contributed by atoms with Gasteiger partial charge in [-0.15, -0.1) is 0 Å². The van der Waals surface area contributed by atoms with E-state index in [9.17, 15) is 9.59 Å². The summed E-state index contributed by atoms with van der Waals surface area (Å²) in [5.74, 6) is -0.807. The molecule has 1 fully saturated rings. The monoisotopic (exact) mass is 286 g/mol. The Hall–Kier alpha value is -1.30. The lowest BCUT2D eigenvalue weighted by molar-refractivity contribution is -0.140. The minimum absolute atomic E-state index is 0.0931. The minimum Gasteiger partial charge on any atom is -0.481 e. The van der Waals surface area contributed by atoms with Crippen molar-refractivity contribution < 1.29 is 19.8 Å². The summed E-state index contributed by atoms with van der Waals surface area (Å²) < 4.78 is 0. The zero-order chi connectivity index (χ0) is 15.2.